The van der Waals surface area contributed by atoms with Gasteiger partial charge in [0.05, 0.1) is 0 Å². The molecule has 1 aliphatic carbocycles. The van der Waals surface area contributed by atoms with Crippen LogP contribution in [-0.2, 0) is 0 Å². The van der Waals surface area contributed by atoms with Crippen LogP contribution in [0.3, 0.4) is 0 Å². The molecule has 1 aliphatic heterocycles. The van der Waals surface area contributed by atoms with Gasteiger partial charge < -0.3 is 16.0 Å². The average Bonchev–Trinajstić information content (AvgIpc) is 2.66. The lowest BCUT2D eigenvalue weighted by molar-refractivity contribution is 0.107. The van der Waals surface area contributed by atoms with E-state index in [2.05, 4.69) is 5.32 Å². The molecule has 4 nitrogen and oxygen atoms in total. The van der Waals surface area contributed by atoms with E-state index >= 15 is 0 Å². The molecular weight excluding hydrogens is 154 g/mol. The molecule has 0 aromatic carbocycles. The van der Waals surface area contributed by atoms with Crippen molar-refractivity contribution < 1.29 is 4.79 Å². The summed E-state index contributed by atoms with van der Waals surface area (Å²) in [6, 6.07) is 0.502. The Hall–Kier alpha value is -0.770. The van der Waals surface area contributed by atoms with E-state index in [-0.39, 0.29) is 11.6 Å². The van der Waals surface area contributed by atoms with E-state index in [1.54, 1.807) is 4.90 Å². The molecule has 0 radical (unpaired) electrons. The molecule has 1 heterocycles. The maximum Gasteiger partial charge on any atom is 0.317 e. The molecule has 0 unspecified atom stereocenters. The van der Waals surface area contributed by atoms with Crippen LogP contribution < -0.4 is 11.1 Å². The first-order valence-corrected chi connectivity index (χ1v) is 4.41. The van der Waals surface area contributed by atoms with Gasteiger partial charge in [0.2, 0.25) is 0 Å². The number of rotatable bonds is 1. The summed E-state index contributed by atoms with van der Waals surface area (Å²) in [6.07, 6.45) is 2.28. The minimum atomic E-state index is -0.152. The predicted molar refractivity (Wildman–Crippen MR) is 45.7 cm³/mol. The van der Waals surface area contributed by atoms with Crippen LogP contribution in [0, 0.1) is 0 Å². The lowest BCUT2D eigenvalue weighted by Crippen LogP contribution is -2.68. The zero-order chi connectivity index (χ0) is 8.77. The fourth-order valence-electron chi connectivity index (χ4n) is 1.46. The molecule has 12 heavy (non-hydrogen) atoms. The Morgan fingerprint density at radius 3 is 2.58 bits per heavy atom. The maximum atomic E-state index is 11.3. The number of likely N-dealkylation sites (tertiary alicyclic amines) is 1. The molecule has 1 saturated carbocycles. The van der Waals surface area contributed by atoms with E-state index in [0.717, 1.165) is 12.8 Å². The second-order valence-corrected chi connectivity index (χ2v) is 4.23. The third kappa shape index (κ3) is 1.53. The summed E-state index contributed by atoms with van der Waals surface area (Å²) in [5, 5.41) is 2.92. The van der Waals surface area contributed by atoms with Crippen molar-refractivity contribution in [2.24, 2.45) is 5.73 Å². The van der Waals surface area contributed by atoms with Crippen LogP contribution in [0.2, 0.25) is 0 Å². The molecule has 0 aromatic heterocycles. The van der Waals surface area contributed by atoms with Gasteiger partial charge in [0, 0.05) is 24.7 Å². The van der Waals surface area contributed by atoms with E-state index in [0.29, 0.717) is 19.1 Å². The van der Waals surface area contributed by atoms with Crippen LogP contribution in [0.25, 0.3) is 0 Å². The quantitative estimate of drug-likeness (QED) is 0.575. The summed E-state index contributed by atoms with van der Waals surface area (Å²) >= 11 is 0. The summed E-state index contributed by atoms with van der Waals surface area (Å²) in [7, 11) is 0. The van der Waals surface area contributed by atoms with Crippen molar-refractivity contribution in [3.8, 4) is 0 Å². The highest BCUT2D eigenvalue weighted by molar-refractivity contribution is 5.76. The van der Waals surface area contributed by atoms with Gasteiger partial charge in [-0.1, -0.05) is 0 Å². The fraction of sp³-hybridized carbons (Fsp3) is 0.875. The van der Waals surface area contributed by atoms with Crippen LogP contribution >= 0.6 is 0 Å². The lowest BCUT2D eigenvalue weighted by atomic mass is 9.94. The second kappa shape index (κ2) is 2.36. The first-order chi connectivity index (χ1) is 5.57. The Kier molecular flexibility index (Phi) is 1.54. The predicted octanol–water partition coefficient (Wildman–Crippen LogP) is -0.109. The van der Waals surface area contributed by atoms with Crippen molar-refractivity contribution in [2.75, 3.05) is 13.1 Å². The molecule has 2 rings (SSSR count). The zero-order valence-electron chi connectivity index (χ0n) is 7.34. The van der Waals surface area contributed by atoms with Gasteiger partial charge >= 0.3 is 6.03 Å². The summed E-state index contributed by atoms with van der Waals surface area (Å²) in [4.78, 5) is 13.1. The van der Waals surface area contributed by atoms with Crippen molar-refractivity contribution in [3.05, 3.63) is 0 Å². The number of hydrogen-bond acceptors (Lipinski definition) is 2. The molecular formula is C8H15N3O. The monoisotopic (exact) mass is 169 g/mol. The van der Waals surface area contributed by atoms with Gasteiger partial charge in [0.15, 0.2) is 0 Å². The van der Waals surface area contributed by atoms with Crippen molar-refractivity contribution in [2.45, 2.75) is 31.3 Å². The van der Waals surface area contributed by atoms with Crippen LogP contribution in [0.15, 0.2) is 0 Å². The molecule has 3 N–H and O–H groups in total. The Morgan fingerprint density at radius 2 is 2.17 bits per heavy atom. The maximum absolute atomic E-state index is 11.3. The number of nitrogens with two attached hydrogens (primary N) is 1. The molecule has 1 saturated heterocycles. The van der Waals surface area contributed by atoms with Crippen molar-refractivity contribution >= 4 is 6.03 Å². The van der Waals surface area contributed by atoms with Gasteiger partial charge in [-0.25, -0.2) is 4.79 Å². The van der Waals surface area contributed by atoms with Gasteiger partial charge in [-0.3, -0.25) is 0 Å². The van der Waals surface area contributed by atoms with Crippen molar-refractivity contribution in [1.29, 1.82) is 0 Å². The van der Waals surface area contributed by atoms with Crippen LogP contribution in [0.4, 0.5) is 4.79 Å². The molecule has 68 valence electrons. The van der Waals surface area contributed by atoms with Gasteiger partial charge in [0.1, 0.15) is 0 Å². The Bertz CT molecular complexity index is 202. The Morgan fingerprint density at radius 1 is 1.58 bits per heavy atom. The SMILES string of the molecule is CC1(N)CN(C(=O)NC2CC2)C1. The number of urea groups is 1. The van der Waals surface area contributed by atoms with E-state index in [4.69, 9.17) is 5.73 Å². The molecule has 0 bridgehead atoms. The van der Waals surface area contributed by atoms with Gasteiger partial charge in [0.25, 0.3) is 0 Å². The van der Waals surface area contributed by atoms with Crippen LogP contribution in [0.1, 0.15) is 19.8 Å². The van der Waals surface area contributed by atoms with Gasteiger partial charge in [-0.2, -0.15) is 0 Å². The highest BCUT2D eigenvalue weighted by atomic mass is 16.2. The number of nitrogens with one attached hydrogen (secondary N) is 1. The molecule has 0 spiro atoms. The largest absolute Gasteiger partial charge is 0.335 e. The number of carbonyl (C=O) groups excluding carboxylic acids is 1. The number of carbonyl (C=O) groups is 1. The summed E-state index contributed by atoms with van der Waals surface area (Å²) < 4.78 is 0. The molecule has 2 amide bonds. The molecule has 2 fully saturated rings. The highest BCUT2D eigenvalue weighted by Crippen LogP contribution is 2.21. The topological polar surface area (TPSA) is 58.4 Å². The first-order valence-electron chi connectivity index (χ1n) is 4.41. The normalized spacial score (nSPS) is 26.3. The third-order valence-corrected chi connectivity index (χ3v) is 2.30. The van der Waals surface area contributed by atoms with Gasteiger partial charge in [-0.05, 0) is 19.8 Å². The average molecular weight is 169 g/mol. The number of hydrogen-bond donors (Lipinski definition) is 2. The minimum absolute atomic E-state index is 0.0559. The summed E-state index contributed by atoms with van der Waals surface area (Å²) in [5.41, 5.74) is 5.62. The smallest absolute Gasteiger partial charge is 0.317 e. The van der Waals surface area contributed by atoms with Crippen LogP contribution in [0.5, 0.6) is 0 Å². The van der Waals surface area contributed by atoms with E-state index in [9.17, 15) is 4.79 Å². The molecule has 4 heteroatoms. The van der Waals surface area contributed by atoms with E-state index < -0.39 is 0 Å². The minimum Gasteiger partial charge on any atom is -0.335 e. The molecule has 0 atom stereocenters. The Balaban J connectivity index is 1.75. The number of nitrogens with zero attached hydrogens (tertiary/aromatic N) is 1. The van der Waals surface area contributed by atoms with E-state index in [1.807, 2.05) is 6.92 Å². The standard InChI is InChI=1S/C8H15N3O/c1-8(9)4-11(5-8)7(12)10-6-2-3-6/h6H,2-5,9H2,1H3,(H,10,12). The number of amides is 2. The molecule has 0 aromatic rings. The fourth-order valence-corrected chi connectivity index (χ4v) is 1.46. The highest BCUT2D eigenvalue weighted by Gasteiger charge is 2.39. The van der Waals surface area contributed by atoms with E-state index in [1.165, 1.54) is 0 Å². The van der Waals surface area contributed by atoms with Crippen molar-refractivity contribution in [1.82, 2.24) is 10.2 Å². The third-order valence-electron chi connectivity index (χ3n) is 2.30. The van der Waals surface area contributed by atoms with Gasteiger partial charge in [-0.15, -0.1) is 0 Å². The lowest BCUT2D eigenvalue weighted by Gasteiger charge is -2.45. The summed E-state index contributed by atoms with van der Waals surface area (Å²) in [6.45, 7) is 3.34. The first kappa shape index (κ1) is 7.86. The van der Waals surface area contributed by atoms with Crippen molar-refractivity contribution in [3.63, 3.8) is 0 Å². The zero-order valence-corrected chi connectivity index (χ0v) is 7.34. The molecule has 2 aliphatic rings. The Labute approximate surface area is 72.1 Å². The van der Waals surface area contributed by atoms with Crippen LogP contribution in [-0.4, -0.2) is 35.6 Å². The summed E-state index contributed by atoms with van der Waals surface area (Å²) in [5.74, 6) is 0. The second-order valence-electron chi connectivity index (χ2n) is 4.23.